The maximum Gasteiger partial charge on any atom is 0.262 e. The summed E-state index contributed by atoms with van der Waals surface area (Å²) >= 11 is 0. The molecule has 1 aliphatic heterocycles. The third kappa shape index (κ3) is 3.54. The van der Waals surface area contributed by atoms with Gasteiger partial charge in [0, 0.05) is 18.7 Å². The lowest BCUT2D eigenvalue weighted by Crippen LogP contribution is -2.49. The minimum atomic E-state index is -0.751. The average Bonchev–Trinajstić information content (AvgIpc) is 2.70. The van der Waals surface area contributed by atoms with Crippen molar-refractivity contribution in [2.75, 3.05) is 25.6 Å². The van der Waals surface area contributed by atoms with Crippen molar-refractivity contribution in [3.8, 4) is 11.5 Å². The molecule has 3 rings (SSSR count). The standard InChI is InChI=1S/C20H20N2O4/c1-21-20(24)18-13-22(15-8-4-6-10-17(15)26-18)19(23)12-11-14-7-3-5-9-16(14)25-2/h3-12,18H,13H2,1-2H3,(H,21,24)/b12-11+. The van der Waals surface area contributed by atoms with Crippen molar-refractivity contribution in [3.63, 3.8) is 0 Å². The Morgan fingerprint density at radius 2 is 1.92 bits per heavy atom. The molecule has 1 N–H and O–H groups in total. The highest BCUT2D eigenvalue weighted by Gasteiger charge is 2.32. The summed E-state index contributed by atoms with van der Waals surface area (Å²) in [6.45, 7) is 0.145. The van der Waals surface area contributed by atoms with Gasteiger partial charge in [0.25, 0.3) is 11.8 Å². The van der Waals surface area contributed by atoms with Gasteiger partial charge in [-0.2, -0.15) is 0 Å². The van der Waals surface area contributed by atoms with Crippen LogP contribution < -0.4 is 19.7 Å². The molecule has 0 aliphatic carbocycles. The summed E-state index contributed by atoms with van der Waals surface area (Å²) < 4.78 is 11.0. The van der Waals surface area contributed by atoms with E-state index in [1.807, 2.05) is 30.3 Å². The van der Waals surface area contributed by atoms with Crippen molar-refractivity contribution in [1.82, 2.24) is 5.32 Å². The molecule has 1 atom stereocenters. The summed E-state index contributed by atoms with van der Waals surface area (Å²) in [7, 11) is 3.13. The van der Waals surface area contributed by atoms with Crippen LogP contribution in [0, 0.1) is 0 Å². The molecular formula is C20H20N2O4. The van der Waals surface area contributed by atoms with E-state index < -0.39 is 6.10 Å². The zero-order valence-corrected chi connectivity index (χ0v) is 14.6. The molecular weight excluding hydrogens is 332 g/mol. The molecule has 6 heteroatoms. The van der Waals surface area contributed by atoms with Crippen LogP contribution in [0.2, 0.25) is 0 Å². The predicted molar refractivity (Wildman–Crippen MR) is 99.3 cm³/mol. The third-order valence-electron chi connectivity index (χ3n) is 4.12. The second-order valence-electron chi connectivity index (χ2n) is 5.71. The number of nitrogens with one attached hydrogen (secondary N) is 1. The number of anilines is 1. The highest BCUT2D eigenvalue weighted by Crippen LogP contribution is 2.33. The molecule has 2 amide bonds. The molecule has 134 valence electrons. The quantitative estimate of drug-likeness (QED) is 0.857. The number of ether oxygens (including phenoxy) is 2. The van der Waals surface area contributed by atoms with Gasteiger partial charge < -0.3 is 19.7 Å². The third-order valence-corrected chi connectivity index (χ3v) is 4.12. The summed E-state index contributed by atoms with van der Waals surface area (Å²) in [6, 6.07) is 14.6. The number of rotatable bonds is 4. The van der Waals surface area contributed by atoms with Crippen molar-refractivity contribution in [2.45, 2.75) is 6.10 Å². The Kier molecular flexibility index (Phi) is 5.22. The van der Waals surface area contributed by atoms with E-state index in [0.717, 1.165) is 5.56 Å². The molecule has 26 heavy (non-hydrogen) atoms. The van der Waals surface area contributed by atoms with Gasteiger partial charge in [-0.1, -0.05) is 30.3 Å². The molecule has 0 saturated carbocycles. The summed E-state index contributed by atoms with van der Waals surface area (Å²) in [4.78, 5) is 26.3. The van der Waals surface area contributed by atoms with Crippen molar-refractivity contribution in [3.05, 3.63) is 60.2 Å². The number of carbonyl (C=O) groups excluding carboxylic acids is 2. The maximum atomic E-state index is 12.8. The fraction of sp³-hybridized carbons (Fsp3) is 0.200. The Hall–Kier alpha value is -3.28. The molecule has 2 aromatic carbocycles. The first-order valence-electron chi connectivity index (χ1n) is 8.24. The topological polar surface area (TPSA) is 67.9 Å². The molecule has 0 fully saturated rings. The number of benzene rings is 2. The van der Waals surface area contributed by atoms with Crippen molar-refractivity contribution < 1.29 is 19.1 Å². The SMILES string of the molecule is CNC(=O)C1CN(C(=O)/C=C/c2ccccc2OC)c2ccccc2O1. The predicted octanol–water partition coefficient (Wildman–Crippen LogP) is 2.25. The number of nitrogens with zero attached hydrogens (tertiary/aromatic N) is 1. The lowest BCUT2D eigenvalue weighted by Gasteiger charge is -2.33. The Balaban J connectivity index is 1.87. The second kappa shape index (κ2) is 7.74. The van der Waals surface area contributed by atoms with Gasteiger partial charge in [-0.15, -0.1) is 0 Å². The van der Waals surface area contributed by atoms with Crippen molar-refractivity contribution in [2.24, 2.45) is 0 Å². The van der Waals surface area contributed by atoms with Gasteiger partial charge in [-0.25, -0.2) is 0 Å². The number of likely N-dealkylation sites (N-methyl/N-ethyl adjacent to an activating group) is 1. The number of amides is 2. The normalized spacial score (nSPS) is 15.9. The molecule has 1 aliphatic rings. The second-order valence-corrected chi connectivity index (χ2v) is 5.71. The molecule has 0 saturated heterocycles. The van der Waals surface area contributed by atoms with Gasteiger partial charge in [-0.3, -0.25) is 9.59 Å². The molecule has 0 aromatic heterocycles. The minimum absolute atomic E-state index is 0.145. The van der Waals surface area contributed by atoms with E-state index >= 15 is 0 Å². The van der Waals surface area contributed by atoms with Crippen LogP contribution in [0.25, 0.3) is 6.08 Å². The first-order valence-corrected chi connectivity index (χ1v) is 8.24. The summed E-state index contributed by atoms with van der Waals surface area (Å²) in [5.74, 6) is 0.681. The fourth-order valence-corrected chi connectivity index (χ4v) is 2.80. The summed E-state index contributed by atoms with van der Waals surface area (Å²) in [5, 5.41) is 2.56. The first-order chi connectivity index (χ1) is 12.6. The van der Waals surface area contributed by atoms with Crippen LogP contribution in [0.5, 0.6) is 11.5 Å². The van der Waals surface area contributed by atoms with Crippen LogP contribution in [-0.2, 0) is 9.59 Å². The van der Waals surface area contributed by atoms with Gasteiger partial charge in [0.15, 0.2) is 6.10 Å². The summed E-state index contributed by atoms with van der Waals surface area (Å²) in [5.41, 5.74) is 1.44. The van der Waals surface area contributed by atoms with Crippen LogP contribution >= 0.6 is 0 Å². The Morgan fingerprint density at radius 1 is 1.19 bits per heavy atom. The van der Waals surface area contributed by atoms with E-state index in [0.29, 0.717) is 17.2 Å². The molecule has 0 spiro atoms. The van der Waals surface area contributed by atoms with E-state index in [-0.39, 0.29) is 18.4 Å². The van der Waals surface area contributed by atoms with Crippen LogP contribution in [0.15, 0.2) is 54.6 Å². The molecule has 1 unspecified atom stereocenters. The number of hydrogen-bond donors (Lipinski definition) is 1. The minimum Gasteiger partial charge on any atom is -0.496 e. The molecule has 0 radical (unpaired) electrons. The van der Waals surface area contributed by atoms with E-state index in [9.17, 15) is 9.59 Å². The van der Waals surface area contributed by atoms with Crippen LogP contribution in [0.4, 0.5) is 5.69 Å². The van der Waals surface area contributed by atoms with E-state index in [1.54, 1.807) is 43.3 Å². The molecule has 2 aromatic rings. The van der Waals surface area contributed by atoms with Crippen LogP contribution in [-0.4, -0.2) is 38.6 Å². The Labute approximate surface area is 152 Å². The number of fused-ring (bicyclic) bond motifs is 1. The van der Waals surface area contributed by atoms with Gasteiger partial charge in [0.05, 0.1) is 19.3 Å². The van der Waals surface area contributed by atoms with Gasteiger partial charge in [0.2, 0.25) is 0 Å². The molecule has 6 nitrogen and oxygen atoms in total. The monoisotopic (exact) mass is 352 g/mol. The lowest BCUT2D eigenvalue weighted by molar-refractivity contribution is -0.127. The summed E-state index contributed by atoms with van der Waals surface area (Å²) in [6.07, 6.45) is 2.42. The zero-order valence-electron chi connectivity index (χ0n) is 14.6. The lowest BCUT2D eigenvalue weighted by atomic mass is 10.1. The Morgan fingerprint density at radius 3 is 2.69 bits per heavy atom. The highest BCUT2D eigenvalue weighted by molar-refractivity contribution is 6.06. The Bertz CT molecular complexity index is 847. The van der Waals surface area contributed by atoms with Gasteiger partial charge in [0.1, 0.15) is 11.5 Å². The fourth-order valence-electron chi connectivity index (χ4n) is 2.80. The smallest absolute Gasteiger partial charge is 0.262 e. The van der Waals surface area contributed by atoms with Crippen molar-refractivity contribution >= 4 is 23.6 Å². The zero-order chi connectivity index (χ0) is 18.5. The maximum absolute atomic E-state index is 12.8. The van der Waals surface area contributed by atoms with E-state index in [1.165, 1.54) is 6.08 Å². The van der Waals surface area contributed by atoms with Gasteiger partial charge >= 0.3 is 0 Å². The van der Waals surface area contributed by atoms with Crippen LogP contribution in [0.1, 0.15) is 5.56 Å². The number of hydrogen-bond acceptors (Lipinski definition) is 4. The number of carbonyl (C=O) groups is 2. The highest BCUT2D eigenvalue weighted by atomic mass is 16.5. The average molecular weight is 352 g/mol. The van der Waals surface area contributed by atoms with Crippen molar-refractivity contribution in [1.29, 1.82) is 0 Å². The van der Waals surface area contributed by atoms with E-state index in [2.05, 4.69) is 5.32 Å². The number of methoxy groups -OCH3 is 1. The number of para-hydroxylation sites is 3. The first kappa shape index (κ1) is 17.5. The molecule has 1 heterocycles. The largest absolute Gasteiger partial charge is 0.496 e. The molecule has 0 bridgehead atoms. The van der Waals surface area contributed by atoms with Crippen LogP contribution in [0.3, 0.4) is 0 Å². The van der Waals surface area contributed by atoms with E-state index in [4.69, 9.17) is 9.47 Å². The van der Waals surface area contributed by atoms with Gasteiger partial charge in [-0.05, 0) is 24.3 Å².